The van der Waals surface area contributed by atoms with Gasteiger partial charge in [0.2, 0.25) is 0 Å². The second-order valence-electron chi connectivity index (χ2n) is 6.55. The number of amides is 2. The number of anilines is 2. The quantitative estimate of drug-likeness (QED) is 0.808. The van der Waals surface area contributed by atoms with Crippen molar-refractivity contribution in [1.29, 1.82) is 0 Å². The van der Waals surface area contributed by atoms with Crippen LogP contribution < -0.4 is 9.80 Å². The third kappa shape index (κ3) is 2.64. The van der Waals surface area contributed by atoms with Gasteiger partial charge < -0.3 is 4.90 Å². The summed E-state index contributed by atoms with van der Waals surface area (Å²) in [5.41, 5.74) is 3.56. The normalized spacial score (nSPS) is 20.4. The first-order valence-corrected chi connectivity index (χ1v) is 8.64. The van der Waals surface area contributed by atoms with Crippen molar-refractivity contribution in [2.45, 2.75) is 25.8 Å². The van der Waals surface area contributed by atoms with Crippen LogP contribution in [0.3, 0.4) is 0 Å². The number of benzene rings is 2. The summed E-state index contributed by atoms with van der Waals surface area (Å²) in [6.07, 6.45) is 3.43. The highest BCUT2D eigenvalue weighted by atomic mass is 16.2. The molecule has 4 nitrogen and oxygen atoms in total. The van der Waals surface area contributed by atoms with Crippen molar-refractivity contribution in [2.75, 3.05) is 16.3 Å². The molecule has 2 aromatic carbocycles. The number of hydrogen-bond donors (Lipinski definition) is 0. The fourth-order valence-electron chi connectivity index (χ4n) is 3.81. The van der Waals surface area contributed by atoms with Gasteiger partial charge in [-0.3, -0.25) is 9.59 Å². The third-order valence-electron chi connectivity index (χ3n) is 5.00. The van der Waals surface area contributed by atoms with Crippen LogP contribution in [0.4, 0.5) is 11.4 Å². The van der Waals surface area contributed by atoms with Crippen LogP contribution in [0, 0.1) is 6.92 Å². The Kier molecular flexibility index (Phi) is 3.88. The average molecular weight is 332 g/mol. The van der Waals surface area contributed by atoms with Crippen LogP contribution in [0.25, 0.3) is 0 Å². The second-order valence-corrected chi connectivity index (χ2v) is 6.55. The predicted octanol–water partition coefficient (Wildman–Crippen LogP) is 3.46. The maximum Gasteiger partial charge on any atom is 0.263 e. The Labute approximate surface area is 147 Å². The van der Waals surface area contributed by atoms with Crippen molar-refractivity contribution in [3.05, 3.63) is 71.8 Å². The Morgan fingerprint density at radius 2 is 1.68 bits per heavy atom. The molecule has 2 aliphatic rings. The minimum atomic E-state index is -0.247. The van der Waals surface area contributed by atoms with Crippen LogP contribution in [-0.4, -0.2) is 24.4 Å². The van der Waals surface area contributed by atoms with Crippen LogP contribution >= 0.6 is 0 Å². The van der Waals surface area contributed by atoms with E-state index in [-0.39, 0.29) is 17.9 Å². The number of nitrogens with zero attached hydrogens (tertiary/aromatic N) is 2. The Balaban J connectivity index is 1.66. The topological polar surface area (TPSA) is 40.6 Å². The molecule has 25 heavy (non-hydrogen) atoms. The molecule has 1 atom stereocenters. The number of aryl methyl sites for hydroxylation is 1. The summed E-state index contributed by atoms with van der Waals surface area (Å²) in [6, 6.07) is 17.3. The van der Waals surface area contributed by atoms with Crippen molar-refractivity contribution >= 4 is 23.2 Å². The molecule has 0 aromatic heterocycles. The molecule has 1 unspecified atom stereocenters. The van der Waals surface area contributed by atoms with Crippen molar-refractivity contribution < 1.29 is 9.59 Å². The zero-order valence-electron chi connectivity index (χ0n) is 14.2. The minimum absolute atomic E-state index is 0.0359. The molecular formula is C21H20N2O2. The van der Waals surface area contributed by atoms with E-state index in [9.17, 15) is 9.59 Å². The molecule has 126 valence electrons. The van der Waals surface area contributed by atoms with Gasteiger partial charge >= 0.3 is 0 Å². The Morgan fingerprint density at radius 1 is 0.960 bits per heavy atom. The van der Waals surface area contributed by atoms with E-state index in [1.165, 1.54) is 16.5 Å². The highest BCUT2D eigenvalue weighted by Crippen LogP contribution is 2.35. The maximum absolute atomic E-state index is 13.0. The molecule has 2 amide bonds. The molecule has 4 heteroatoms. The SMILES string of the molecule is Cc1ccccc1N1CCCC1C1=CC(=O)N(c2ccccc2)C1=O. The number of rotatable bonds is 3. The first-order chi connectivity index (χ1) is 12.2. The third-order valence-corrected chi connectivity index (χ3v) is 5.00. The van der Waals surface area contributed by atoms with E-state index in [2.05, 4.69) is 24.0 Å². The summed E-state index contributed by atoms with van der Waals surface area (Å²) in [7, 11) is 0. The molecule has 0 N–H and O–H groups in total. The molecule has 4 rings (SSSR count). The van der Waals surface area contributed by atoms with Crippen molar-refractivity contribution in [1.82, 2.24) is 0 Å². The smallest absolute Gasteiger partial charge is 0.263 e. The first-order valence-electron chi connectivity index (χ1n) is 8.64. The van der Waals surface area contributed by atoms with Gasteiger partial charge in [0.15, 0.2) is 0 Å². The lowest BCUT2D eigenvalue weighted by Crippen LogP contribution is -2.37. The van der Waals surface area contributed by atoms with Crippen LogP contribution in [0.15, 0.2) is 66.2 Å². The van der Waals surface area contributed by atoms with Crippen molar-refractivity contribution in [3.8, 4) is 0 Å². The predicted molar refractivity (Wildman–Crippen MR) is 98.6 cm³/mol. The molecule has 0 spiro atoms. The second kappa shape index (κ2) is 6.20. The lowest BCUT2D eigenvalue weighted by molar-refractivity contribution is -0.120. The molecular weight excluding hydrogens is 312 g/mol. The largest absolute Gasteiger partial charge is 0.364 e. The summed E-state index contributed by atoms with van der Waals surface area (Å²) < 4.78 is 0. The van der Waals surface area contributed by atoms with E-state index in [1.807, 2.05) is 30.3 Å². The minimum Gasteiger partial charge on any atom is -0.364 e. The van der Waals surface area contributed by atoms with Crippen LogP contribution in [0.2, 0.25) is 0 Å². The fourth-order valence-corrected chi connectivity index (χ4v) is 3.81. The molecule has 0 bridgehead atoms. The summed E-state index contributed by atoms with van der Waals surface area (Å²) in [4.78, 5) is 29.0. The zero-order valence-corrected chi connectivity index (χ0v) is 14.2. The summed E-state index contributed by atoms with van der Waals surface area (Å²) in [6.45, 7) is 2.98. The maximum atomic E-state index is 13.0. The van der Waals surface area contributed by atoms with Crippen LogP contribution in [0.5, 0.6) is 0 Å². The van der Waals surface area contributed by atoms with Gasteiger partial charge in [-0.1, -0.05) is 36.4 Å². The Hall–Kier alpha value is -2.88. The lowest BCUT2D eigenvalue weighted by Gasteiger charge is -2.29. The molecule has 0 aliphatic carbocycles. The van der Waals surface area contributed by atoms with Gasteiger partial charge in [-0.15, -0.1) is 0 Å². The summed E-state index contributed by atoms with van der Waals surface area (Å²) in [5.74, 6) is -0.440. The number of imide groups is 1. The fraction of sp³-hybridized carbons (Fsp3) is 0.238. The van der Waals surface area contributed by atoms with E-state index >= 15 is 0 Å². The average Bonchev–Trinajstić information content (AvgIpc) is 3.20. The highest BCUT2D eigenvalue weighted by molar-refractivity contribution is 6.31. The number of carbonyl (C=O) groups excluding carboxylic acids is 2. The van der Waals surface area contributed by atoms with Gasteiger partial charge in [0, 0.05) is 23.9 Å². The van der Waals surface area contributed by atoms with Crippen molar-refractivity contribution in [3.63, 3.8) is 0 Å². The molecule has 0 saturated carbocycles. The van der Waals surface area contributed by atoms with E-state index < -0.39 is 0 Å². The van der Waals surface area contributed by atoms with Crippen molar-refractivity contribution in [2.24, 2.45) is 0 Å². The van der Waals surface area contributed by atoms with E-state index in [1.54, 1.807) is 12.1 Å². The first kappa shape index (κ1) is 15.6. The van der Waals surface area contributed by atoms with Crippen LogP contribution in [0.1, 0.15) is 18.4 Å². The molecule has 2 heterocycles. The lowest BCUT2D eigenvalue weighted by atomic mass is 10.0. The highest BCUT2D eigenvalue weighted by Gasteiger charge is 2.40. The molecule has 2 aromatic rings. The number of carbonyl (C=O) groups is 2. The Morgan fingerprint density at radius 3 is 2.44 bits per heavy atom. The van der Waals surface area contributed by atoms with Gasteiger partial charge in [0.05, 0.1) is 11.7 Å². The van der Waals surface area contributed by atoms with E-state index in [0.29, 0.717) is 11.3 Å². The van der Waals surface area contributed by atoms with E-state index in [4.69, 9.17) is 0 Å². The summed E-state index contributed by atoms with van der Waals surface area (Å²) in [5, 5.41) is 0. The molecule has 1 saturated heterocycles. The summed E-state index contributed by atoms with van der Waals surface area (Å²) >= 11 is 0. The zero-order chi connectivity index (χ0) is 17.4. The van der Waals surface area contributed by atoms with Gasteiger partial charge in [0.25, 0.3) is 11.8 Å². The molecule has 0 radical (unpaired) electrons. The Bertz CT molecular complexity index is 857. The standard InChI is InChI=1S/C21H20N2O2/c1-15-8-5-6-11-18(15)22-13-7-12-19(22)17-14-20(24)23(21(17)25)16-9-3-2-4-10-16/h2-6,8-11,14,19H,7,12-13H2,1H3. The van der Waals surface area contributed by atoms with Gasteiger partial charge in [-0.05, 0) is 43.5 Å². The molecule has 2 aliphatic heterocycles. The van der Waals surface area contributed by atoms with Gasteiger partial charge in [0.1, 0.15) is 0 Å². The molecule has 1 fully saturated rings. The van der Waals surface area contributed by atoms with Crippen LogP contribution in [-0.2, 0) is 9.59 Å². The van der Waals surface area contributed by atoms with E-state index in [0.717, 1.165) is 25.1 Å². The number of hydrogen-bond acceptors (Lipinski definition) is 3. The van der Waals surface area contributed by atoms with Gasteiger partial charge in [-0.25, -0.2) is 4.90 Å². The van der Waals surface area contributed by atoms with Gasteiger partial charge in [-0.2, -0.15) is 0 Å². The monoisotopic (exact) mass is 332 g/mol. The number of para-hydroxylation sites is 2.